The summed E-state index contributed by atoms with van der Waals surface area (Å²) >= 11 is 3.02. The van der Waals surface area contributed by atoms with Gasteiger partial charge in [-0.05, 0) is 37.1 Å². The fraction of sp³-hybridized carbons (Fsp3) is 0.200. The number of nitrogens with one attached hydrogen (secondary N) is 1. The van der Waals surface area contributed by atoms with Gasteiger partial charge in [0.05, 0.1) is 12.8 Å². The summed E-state index contributed by atoms with van der Waals surface area (Å²) in [6.07, 6.45) is 0. The highest BCUT2D eigenvalue weighted by Gasteiger charge is 2.24. The number of hydrogen-bond acceptors (Lipinski definition) is 5. The van der Waals surface area contributed by atoms with Crippen LogP contribution in [0.1, 0.15) is 22.1 Å². The predicted octanol–water partition coefficient (Wildman–Crippen LogP) is 5.24. The number of aryl methyl sites for hydroxylation is 2. The van der Waals surface area contributed by atoms with Crippen LogP contribution >= 0.6 is 23.1 Å². The maximum absolute atomic E-state index is 13.1. The number of thiazole rings is 1. The molecule has 1 unspecified atom stereocenters. The van der Waals surface area contributed by atoms with Crippen molar-refractivity contribution in [2.24, 2.45) is 0 Å². The van der Waals surface area contributed by atoms with E-state index in [4.69, 9.17) is 4.74 Å². The van der Waals surface area contributed by atoms with E-state index in [-0.39, 0.29) is 5.91 Å². The maximum atomic E-state index is 13.1. The highest BCUT2D eigenvalue weighted by molar-refractivity contribution is 8.01. The fourth-order valence-electron chi connectivity index (χ4n) is 2.51. The minimum Gasteiger partial charge on any atom is -0.495 e. The summed E-state index contributed by atoms with van der Waals surface area (Å²) in [6.45, 7) is 3.94. The molecule has 1 N–H and O–H groups in total. The predicted molar refractivity (Wildman–Crippen MR) is 108 cm³/mol. The van der Waals surface area contributed by atoms with Gasteiger partial charge in [0.15, 0.2) is 4.34 Å². The first-order chi connectivity index (χ1) is 12.6. The second kappa shape index (κ2) is 8.38. The molecule has 0 aliphatic rings. The van der Waals surface area contributed by atoms with E-state index in [0.29, 0.717) is 11.4 Å². The Kier molecular flexibility index (Phi) is 5.96. The third kappa shape index (κ3) is 4.45. The molecule has 3 rings (SSSR count). The number of aromatic nitrogens is 1. The summed E-state index contributed by atoms with van der Waals surface area (Å²) < 4.78 is 6.25. The van der Waals surface area contributed by atoms with Crippen molar-refractivity contribution in [3.8, 4) is 5.75 Å². The van der Waals surface area contributed by atoms with Crippen LogP contribution in [0, 0.1) is 13.8 Å². The zero-order valence-electron chi connectivity index (χ0n) is 14.9. The molecule has 0 spiro atoms. The van der Waals surface area contributed by atoms with E-state index in [1.165, 1.54) is 11.8 Å². The monoisotopic (exact) mass is 384 g/mol. The van der Waals surface area contributed by atoms with Crippen LogP contribution in [0.3, 0.4) is 0 Å². The molecule has 1 amide bonds. The number of hydrogen-bond donors (Lipinski definition) is 1. The molecular formula is C20H20N2O2S2. The van der Waals surface area contributed by atoms with Crippen LogP contribution in [-0.2, 0) is 4.79 Å². The molecular weight excluding hydrogens is 364 g/mol. The molecule has 0 radical (unpaired) electrons. The fourth-order valence-corrected chi connectivity index (χ4v) is 4.54. The van der Waals surface area contributed by atoms with Crippen molar-refractivity contribution in [3.63, 3.8) is 0 Å². The largest absolute Gasteiger partial charge is 0.495 e. The van der Waals surface area contributed by atoms with E-state index >= 15 is 0 Å². The summed E-state index contributed by atoms with van der Waals surface area (Å²) in [5.41, 5.74) is 3.63. The minimum atomic E-state index is -0.396. The minimum absolute atomic E-state index is 0.0991. The van der Waals surface area contributed by atoms with Gasteiger partial charge < -0.3 is 10.1 Å². The molecule has 4 nitrogen and oxygen atoms in total. The SMILES string of the molecule is COc1ccc(C)cc1NC(=O)C(Sc1nc(C)cs1)c1ccccc1. The van der Waals surface area contributed by atoms with Crippen LogP contribution in [0.5, 0.6) is 5.75 Å². The Morgan fingerprint density at radius 1 is 1.19 bits per heavy atom. The molecule has 1 atom stereocenters. The molecule has 0 aliphatic carbocycles. The number of rotatable bonds is 6. The van der Waals surface area contributed by atoms with Crippen LogP contribution in [0.2, 0.25) is 0 Å². The highest BCUT2D eigenvalue weighted by Crippen LogP contribution is 2.38. The van der Waals surface area contributed by atoms with Crippen molar-refractivity contribution >= 4 is 34.7 Å². The molecule has 1 heterocycles. The Balaban J connectivity index is 1.89. The maximum Gasteiger partial charge on any atom is 0.242 e. The second-order valence-electron chi connectivity index (χ2n) is 5.86. The molecule has 26 heavy (non-hydrogen) atoms. The molecule has 0 bridgehead atoms. The number of anilines is 1. The first-order valence-corrected chi connectivity index (χ1v) is 9.92. The van der Waals surface area contributed by atoms with Gasteiger partial charge in [-0.2, -0.15) is 0 Å². The van der Waals surface area contributed by atoms with Crippen LogP contribution in [0.25, 0.3) is 0 Å². The van der Waals surface area contributed by atoms with Gasteiger partial charge in [-0.25, -0.2) is 4.98 Å². The van der Waals surface area contributed by atoms with Gasteiger partial charge in [-0.15, -0.1) is 11.3 Å². The van der Waals surface area contributed by atoms with Gasteiger partial charge >= 0.3 is 0 Å². The third-order valence-corrected chi connectivity index (χ3v) is 6.11. The number of ether oxygens (including phenoxy) is 1. The number of carbonyl (C=O) groups is 1. The van der Waals surface area contributed by atoms with Crippen molar-refractivity contribution in [2.45, 2.75) is 23.4 Å². The Morgan fingerprint density at radius 2 is 1.96 bits per heavy atom. The number of methoxy groups -OCH3 is 1. The van der Waals surface area contributed by atoms with Crippen LogP contribution in [0.4, 0.5) is 5.69 Å². The van der Waals surface area contributed by atoms with Crippen molar-refractivity contribution in [3.05, 3.63) is 70.7 Å². The van der Waals surface area contributed by atoms with E-state index in [1.54, 1.807) is 18.4 Å². The zero-order valence-corrected chi connectivity index (χ0v) is 16.5. The van der Waals surface area contributed by atoms with Gasteiger partial charge in [-0.1, -0.05) is 48.2 Å². The Bertz CT molecular complexity index is 894. The van der Waals surface area contributed by atoms with E-state index in [1.807, 2.05) is 67.8 Å². The van der Waals surface area contributed by atoms with Crippen LogP contribution in [0.15, 0.2) is 58.3 Å². The number of amides is 1. The Labute approximate surface area is 161 Å². The molecule has 0 saturated heterocycles. The molecule has 0 aliphatic heterocycles. The van der Waals surface area contributed by atoms with Gasteiger partial charge in [0.1, 0.15) is 11.0 Å². The summed E-state index contributed by atoms with van der Waals surface area (Å²) in [5.74, 6) is 0.545. The molecule has 2 aromatic carbocycles. The molecule has 134 valence electrons. The topological polar surface area (TPSA) is 51.2 Å². The summed E-state index contributed by atoms with van der Waals surface area (Å²) in [6, 6.07) is 15.5. The lowest BCUT2D eigenvalue weighted by molar-refractivity contribution is -0.115. The number of nitrogens with zero attached hydrogens (tertiary/aromatic N) is 1. The van der Waals surface area contributed by atoms with Crippen LogP contribution < -0.4 is 10.1 Å². The van der Waals surface area contributed by atoms with E-state index < -0.39 is 5.25 Å². The molecule has 6 heteroatoms. The van der Waals surface area contributed by atoms with E-state index in [2.05, 4.69) is 10.3 Å². The average Bonchev–Trinajstić information content (AvgIpc) is 3.05. The highest BCUT2D eigenvalue weighted by atomic mass is 32.2. The average molecular weight is 385 g/mol. The normalized spacial score (nSPS) is 11.8. The van der Waals surface area contributed by atoms with Crippen molar-refractivity contribution in [2.75, 3.05) is 12.4 Å². The lowest BCUT2D eigenvalue weighted by Gasteiger charge is -2.17. The van der Waals surface area contributed by atoms with Gasteiger partial charge in [0, 0.05) is 11.1 Å². The standard InChI is InChI=1S/C20H20N2O2S2/c1-13-9-10-17(24-3)16(11-13)22-19(23)18(15-7-5-4-6-8-15)26-20-21-14(2)12-25-20/h4-12,18H,1-3H3,(H,22,23). The lowest BCUT2D eigenvalue weighted by atomic mass is 10.1. The number of thioether (sulfide) groups is 1. The first kappa shape index (κ1) is 18.5. The summed E-state index contributed by atoms with van der Waals surface area (Å²) in [7, 11) is 1.60. The van der Waals surface area contributed by atoms with Gasteiger partial charge in [0.2, 0.25) is 5.91 Å². The Hall–Kier alpha value is -2.31. The number of carbonyl (C=O) groups excluding carboxylic acids is 1. The smallest absolute Gasteiger partial charge is 0.242 e. The van der Waals surface area contributed by atoms with E-state index in [0.717, 1.165) is 21.2 Å². The summed E-state index contributed by atoms with van der Waals surface area (Å²) in [4.78, 5) is 17.6. The quantitative estimate of drug-likeness (QED) is 0.591. The van der Waals surface area contributed by atoms with Crippen LogP contribution in [-0.4, -0.2) is 18.0 Å². The van der Waals surface area contributed by atoms with Crippen molar-refractivity contribution < 1.29 is 9.53 Å². The van der Waals surface area contributed by atoms with Crippen molar-refractivity contribution in [1.82, 2.24) is 4.98 Å². The van der Waals surface area contributed by atoms with Crippen molar-refractivity contribution in [1.29, 1.82) is 0 Å². The molecule has 0 fully saturated rings. The third-order valence-electron chi connectivity index (χ3n) is 3.77. The molecule has 0 saturated carbocycles. The molecule has 3 aromatic rings. The first-order valence-electron chi connectivity index (χ1n) is 8.16. The molecule has 1 aromatic heterocycles. The number of benzene rings is 2. The lowest BCUT2D eigenvalue weighted by Crippen LogP contribution is -2.19. The second-order valence-corrected chi connectivity index (χ2v) is 8.07. The van der Waals surface area contributed by atoms with Gasteiger partial charge in [0.25, 0.3) is 0 Å². The summed E-state index contributed by atoms with van der Waals surface area (Å²) in [5, 5.41) is 4.62. The Morgan fingerprint density at radius 3 is 2.62 bits per heavy atom. The van der Waals surface area contributed by atoms with E-state index in [9.17, 15) is 4.79 Å². The zero-order chi connectivity index (χ0) is 18.5. The van der Waals surface area contributed by atoms with Gasteiger partial charge in [-0.3, -0.25) is 4.79 Å².